The molecule has 0 aliphatic carbocycles. The number of benzene rings is 1. The molecule has 0 saturated heterocycles. The number of aliphatic hydroxyl groups excluding tert-OH is 1. The van der Waals surface area contributed by atoms with Crippen LogP contribution in [-0.2, 0) is 4.74 Å². The highest BCUT2D eigenvalue weighted by Crippen LogP contribution is 2.19. The van der Waals surface area contributed by atoms with Gasteiger partial charge < -0.3 is 19.2 Å². The van der Waals surface area contributed by atoms with Crippen LogP contribution in [-0.4, -0.2) is 27.7 Å². The van der Waals surface area contributed by atoms with Crippen LogP contribution in [0.5, 0.6) is 0 Å². The molecule has 2 N–H and O–H groups in total. The van der Waals surface area contributed by atoms with Crippen molar-refractivity contribution in [3.8, 4) is 6.07 Å². The van der Waals surface area contributed by atoms with Crippen molar-refractivity contribution in [1.29, 1.82) is 5.26 Å². The van der Waals surface area contributed by atoms with Crippen LogP contribution < -0.4 is 0 Å². The number of fused-ring (bicyclic) bond motifs is 1. The van der Waals surface area contributed by atoms with Crippen LogP contribution in [0.1, 0.15) is 16.4 Å². The topological polar surface area (TPSA) is 112 Å². The molecule has 0 amide bonds. The summed E-state index contributed by atoms with van der Waals surface area (Å²) in [5.74, 6) is -0.907. The molecule has 7 heteroatoms. The molecule has 7 nitrogen and oxygen atoms in total. The molecule has 0 atom stereocenters. The number of hydrogen-bond donors (Lipinski definition) is 2. The number of carbonyl (C=O) groups excluding carboxylic acids is 1. The Kier molecular flexibility index (Phi) is 3.80. The molecule has 3 rings (SSSR count). The molecule has 114 valence electrons. The molecule has 3 aromatic rings. The summed E-state index contributed by atoms with van der Waals surface area (Å²) < 4.78 is 9.78. The van der Waals surface area contributed by atoms with E-state index in [4.69, 9.17) is 9.15 Å². The van der Waals surface area contributed by atoms with E-state index >= 15 is 0 Å². The average molecular weight is 309 g/mol. The standard InChI is InChI=1S/C16H11N3O4/c17-8-10(15-18-11-4-1-2-5-12(11)19-15)13(20)9-23-16(21)14-6-3-7-22-14/h1-7,20H,9H2,(H,18,19)/b13-10-. The number of rotatable bonds is 4. The zero-order chi connectivity index (χ0) is 16.2. The Morgan fingerprint density at radius 1 is 1.35 bits per heavy atom. The van der Waals surface area contributed by atoms with Crippen LogP contribution in [0.4, 0.5) is 0 Å². The minimum atomic E-state index is -0.733. The Balaban J connectivity index is 1.82. The number of para-hydroxylation sites is 2. The highest BCUT2D eigenvalue weighted by atomic mass is 16.6. The third-order valence-electron chi connectivity index (χ3n) is 3.09. The summed E-state index contributed by atoms with van der Waals surface area (Å²) in [6, 6.07) is 12.1. The Hall–Kier alpha value is -3.53. The molecule has 0 bridgehead atoms. The summed E-state index contributed by atoms with van der Waals surface area (Å²) in [6.45, 7) is -0.459. The number of nitrogens with one attached hydrogen (secondary N) is 1. The maximum atomic E-state index is 11.6. The maximum absolute atomic E-state index is 11.6. The predicted molar refractivity (Wildman–Crippen MR) is 80.2 cm³/mol. The van der Waals surface area contributed by atoms with Crippen molar-refractivity contribution in [2.75, 3.05) is 6.61 Å². The normalized spacial score (nSPS) is 11.8. The zero-order valence-corrected chi connectivity index (χ0v) is 11.8. The number of aromatic nitrogens is 2. The van der Waals surface area contributed by atoms with E-state index in [1.54, 1.807) is 18.2 Å². The molecule has 1 aromatic carbocycles. The number of nitrogens with zero attached hydrogens (tertiary/aromatic N) is 2. The van der Waals surface area contributed by atoms with Crippen molar-refractivity contribution in [2.45, 2.75) is 0 Å². The van der Waals surface area contributed by atoms with Gasteiger partial charge in [0.05, 0.1) is 17.3 Å². The second kappa shape index (κ2) is 6.07. The molecule has 0 radical (unpaired) electrons. The smallest absolute Gasteiger partial charge is 0.374 e. The first-order valence-corrected chi connectivity index (χ1v) is 6.67. The fraction of sp³-hybridized carbons (Fsp3) is 0.0625. The number of aliphatic hydroxyl groups is 1. The lowest BCUT2D eigenvalue weighted by Crippen LogP contribution is -2.08. The van der Waals surface area contributed by atoms with E-state index < -0.39 is 18.3 Å². The van der Waals surface area contributed by atoms with Gasteiger partial charge in [0.15, 0.2) is 18.2 Å². The van der Waals surface area contributed by atoms with Crippen molar-refractivity contribution >= 4 is 22.6 Å². The molecular weight excluding hydrogens is 298 g/mol. The largest absolute Gasteiger partial charge is 0.507 e. The van der Waals surface area contributed by atoms with Crippen LogP contribution in [0.3, 0.4) is 0 Å². The Bertz CT molecular complexity index is 883. The summed E-state index contributed by atoms with van der Waals surface area (Å²) >= 11 is 0. The molecule has 2 aromatic heterocycles. The zero-order valence-electron chi connectivity index (χ0n) is 11.8. The first-order chi connectivity index (χ1) is 11.2. The number of nitriles is 1. The highest BCUT2D eigenvalue weighted by molar-refractivity contribution is 5.87. The van der Waals surface area contributed by atoms with Crippen LogP contribution in [0.2, 0.25) is 0 Å². The Morgan fingerprint density at radius 2 is 2.17 bits per heavy atom. The molecule has 23 heavy (non-hydrogen) atoms. The molecule has 0 saturated carbocycles. The number of furan rings is 1. The van der Waals surface area contributed by atoms with Gasteiger partial charge in [0.2, 0.25) is 5.76 Å². The molecule has 0 spiro atoms. The Labute approximate surface area is 130 Å². The number of esters is 1. The first-order valence-electron chi connectivity index (χ1n) is 6.67. The molecule has 2 heterocycles. The number of carbonyl (C=O) groups is 1. The summed E-state index contributed by atoms with van der Waals surface area (Å²) in [5.41, 5.74) is 1.31. The van der Waals surface area contributed by atoms with E-state index in [1.165, 1.54) is 12.3 Å². The van der Waals surface area contributed by atoms with Crippen LogP contribution in [0.15, 0.2) is 52.8 Å². The fourth-order valence-corrected chi connectivity index (χ4v) is 2.00. The van der Waals surface area contributed by atoms with Crippen LogP contribution in [0, 0.1) is 11.3 Å². The number of allylic oxidation sites excluding steroid dienone is 1. The maximum Gasteiger partial charge on any atom is 0.374 e. The van der Waals surface area contributed by atoms with Crippen LogP contribution in [0.25, 0.3) is 16.6 Å². The van der Waals surface area contributed by atoms with Crippen molar-refractivity contribution in [3.05, 3.63) is 60.0 Å². The third kappa shape index (κ3) is 2.91. The van der Waals surface area contributed by atoms with E-state index in [2.05, 4.69) is 9.97 Å². The molecule has 0 aliphatic heterocycles. The summed E-state index contributed by atoms with van der Waals surface area (Å²) in [5, 5.41) is 19.3. The van der Waals surface area contributed by atoms with Gasteiger partial charge in [0.25, 0.3) is 0 Å². The van der Waals surface area contributed by atoms with Crippen molar-refractivity contribution in [1.82, 2.24) is 9.97 Å². The number of H-pyrrole nitrogens is 1. The second-order valence-corrected chi connectivity index (χ2v) is 4.59. The van der Waals surface area contributed by atoms with Gasteiger partial charge in [-0.2, -0.15) is 5.26 Å². The lowest BCUT2D eigenvalue weighted by atomic mass is 10.2. The van der Waals surface area contributed by atoms with Crippen molar-refractivity contribution < 1.29 is 19.1 Å². The van der Waals surface area contributed by atoms with E-state index in [-0.39, 0.29) is 17.2 Å². The van der Waals surface area contributed by atoms with Crippen molar-refractivity contribution in [2.24, 2.45) is 0 Å². The number of aromatic amines is 1. The summed E-state index contributed by atoms with van der Waals surface area (Å²) in [7, 11) is 0. The average Bonchev–Trinajstić information content (AvgIpc) is 3.22. The summed E-state index contributed by atoms with van der Waals surface area (Å²) in [6.07, 6.45) is 1.33. The van der Waals surface area contributed by atoms with Crippen LogP contribution >= 0.6 is 0 Å². The second-order valence-electron chi connectivity index (χ2n) is 4.59. The van der Waals surface area contributed by atoms with Crippen molar-refractivity contribution in [3.63, 3.8) is 0 Å². The number of imidazole rings is 1. The molecule has 0 fully saturated rings. The minimum Gasteiger partial charge on any atom is -0.507 e. The van der Waals surface area contributed by atoms with Gasteiger partial charge in [-0.15, -0.1) is 0 Å². The van der Waals surface area contributed by atoms with E-state index in [0.29, 0.717) is 5.52 Å². The number of hydrogen-bond acceptors (Lipinski definition) is 6. The van der Waals surface area contributed by atoms with Gasteiger partial charge in [0.1, 0.15) is 11.6 Å². The lowest BCUT2D eigenvalue weighted by Gasteiger charge is -2.03. The fourth-order valence-electron chi connectivity index (χ4n) is 2.00. The monoisotopic (exact) mass is 309 g/mol. The minimum absolute atomic E-state index is 0.0139. The highest BCUT2D eigenvalue weighted by Gasteiger charge is 2.16. The first kappa shape index (κ1) is 14.4. The van der Waals surface area contributed by atoms with Gasteiger partial charge in [-0.05, 0) is 24.3 Å². The van der Waals surface area contributed by atoms with Gasteiger partial charge >= 0.3 is 5.97 Å². The van der Waals surface area contributed by atoms with Gasteiger partial charge in [0, 0.05) is 0 Å². The van der Waals surface area contributed by atoms with E-state index in [9.17, 15) is 15.2 Å². The predicted octanol–water partition coefficient (Wildman–Crippen LogP) is 2.81. The van der Waals surface area contributed by atoms with Gasteiger partial charge in [-0.25, -0.2) is 9.78 Å². The van der Waals surface area contributed by atoms with Gasteiger partial charge in [-0.3, -0.25) is 0 Å². The third-order valence-corrected chi connectivity index (χ3v) is 3.09. The quantitative estimate of drug-likeness (QED) is 0.435. The molecule has 0 unspecified atom stereocenters. The lowest BCUT2D eigenvalue weighted by molar-refractivity contribution is 0.0467. The van der Waals surface area contributed by atoms with E-state index in [1.807, 2.05) is 18.2 Å². The van der Waals surface area contributed by atoms with Gasteiger partial charge in [-0.1, -0.05) is 12.1 Å². The molecule has 0 aliphatic rings. The van der Waals surface area contributed by atoms with E-state index in [0.717, 1.165) is 5.52 Å². The summed E-state index contributed by atoms with van der Waals surface area (Å²) in [4.78, 5) is 18.8. The SMILES string of the molecule is N#C/C(=C(/O)COC(=O)c1ccco1)c1nc2ccccc2[nH]1. The number of ether oxygens (including phenoxy) is 1. The Morgan fingerprint density at radius 3 is 2.87 bits per heavy atom. The molecular formula is C16H11N3O4.